The van der Waals surface area contributed by atoms with E-state index in [1.165, 1.54) is 17.0 Å². The van der Waals surface area contributed by atoms with Gasteiger partial charge in [0, 0.05) is 17.8 Å². The van der Waals surface area contributed by atoms with Gasteiger partial charge in [-0.3, -0.25) is 4.79 Å². The summed E-state index contributed by atoms with van der Waals surface area (Å²) in [5.41, 5.74) is 1.42. The maximum Gasteiger partial charge on any atom is 0.261 e. The number of amides is 1. The molecule has 1 heterocycles. The third-order valence-corrected chi connectivity index (χ3v) is 3.56. The van der Waals surface area contributed by atoms with Crippen LogP contribution >= 0.6 is 0 Å². The molecule has 1 aliphatic rings. The van der Waals surface area contributed by atoms with Crippen molar-refractivity contribution >= 4 is 11.6 Å². The monoisotopic (exact) mass is 271 g/mol. The number of hydrogen-bond acceptors (Lipinski definition) is 2. The van der Waals surface area contributed by atoms with Gasteiger partial charge in [0.2, 0.25) is 0 Å². The van der Waals surface area contributed by atoms with Crippen LogP contribution in [0.15, 0.2) is 48.5 Å². The van der Waals surface area contributed by atoms with Gasteiger partial charge in [0.15, 0.2) is 0 Å². The second-order valence-electron chi connectivity index (χ2n) is 4.80. The fourth-order valence-electron chi connectivity index (χ4n) is 2.53. The standard InChI is InChI=1S/C16H14FNO2/c17-13-7-3-1-5-11(13)16(20)18-10-9-15(19)12-6-2-4-8-14(12)18/h1-8,15,19H,9-10H2. The lowest BCUT2D eigenvalue weighted by atomic mass is 9.98. The number of carbonyl (C=O) groups excluding carboxylic acids is 1. The van der Waals surface area contributed by atoms with Crippen molar-refractivity contribution in [3.63, 3.8) is 0 Å². The Kier molecular flexibility index (Phi) is 3.24. The summed E-state index contributed by atoms with van der Waals surface area (Å²) >= 11 is 0. The van der Waals surface area contributed by atoms with E-state index in [9.17, 15) is 14.3 Å². The molecule has 1 N–H and O–H groups in total. The Morgan fingerprint density at radius 2 is 1.85 bits per heavy atom. The minimum atomic E-state index is -0.573. The average molecular weight is 271 g/mol. The summed E-state index contributed by atoms with van der Waals surface area (Å²) < 4.78 is 13.8. The lowest BCUT2D eigenvalue weighted by molar-refractivity contribution is 0.0967. The van der Waals surface area contributed by atoms with E-state index in [0.29, 0.717) is 24.2 Å². The molecule has 0 saturated heterocycles. The van der Waals surface area contributed by atoms with E-state index in [-0.39, 0.29) is 11.5 Å². The van der Waals surface area contributed by atoms with Crippen LogP contribution in [0, 0.1) is 5.82 Å². The maximum absolute atomic E-state index is 13.8. The third kappa shape index (κ3) is 2.08. The van der Waals surface area contributed by atoms with E-state index in [1.807, 2.05) is 6.07 Å². The molecule has 3 nitrogen and oxygen atoms in total. The number of fused-ring (bicyclic) bond motifs is 1. The van der Waals surface area contributed by atoms with Crippen molar-refractivity contribution < 1.29 is 14.3 Å². The fourth-order valence-corrected chi connectivity index (χ4v) is 2.53. The average Bonchev–Trinajstić information content (AvgIpc) is 2.48. The Hall–Kier alpha value is -2.20. The first-order valence-electron chi connectivity index (χ1n) is 6.52. The number of anilines is 1. The van der Waals surface area contributed by atoms with Crippen molar-refractivity contribution in [1.29, 1.82) is 0 Å². The number of benzene rings is 2. The van der Waals surface area contributed by atoms with Crippen LogP contribution in [-0.2, 0) is 0 Å². The number of hydrogen-bond donors (Lipinski definition) is 1. The second kappa shape index (κ2) is 5.06. The highest BCUT2D eigenvalue weighted by atomic mass is 19.1. The van der Waals surface area contributed by atoms with Crippen LogP contribution in [0.4, 0.5) is 10.1 Å². The van der Waals surface area contributed by atoms with Gasteiger partial charge >= 0.3 is 0 Å². The Morgan fingerprint density at radius 3 is 2.65 bits per heavy atom. The van der Waals surface area contributed by atoms with E-state index in [1.54, 1.807) is 30.3 Å². The molecule has 2 aromatic rings. The zero-order valence-electron chi connectivity index (χ0n) is 10.8. The Bertz CT molecular complexity index is 656. The molecule has 20 heavy (non-hydrogen) atoms. The lowest BCUT2D eigenvalue weighted by Crippen LogP contribution is -2.37. The Labute approximate surface area is 116 Å². The summed E-state index contributed by atoms with van der Waals surface area (Å²) in [5.74, 6) is -0.899. The number of rotatable bonds is 1. The smallest absolute Gasteiger partial charge is 0.261 e. The van der Waals surface area contributed by atoms with E-state index in [2.05, 4.69) is 0 Å². The number of aliphatic hydroxyl groups is 1. The summed E-state index contributed by atoms with van der Waals surface area (Å²) in [6.45, 7) is 0.380. The largest absolute Gasteiger partial charge is 0.388 e. The summed E-state index contributed by atoms with van der Waals surface area (Å²) in [6, 6.07) is 13.1. The Morgan fingerprint density at radius 1 is 1.15 bits per heavy atom. The van der Waals surface area contributed by atoms with Crippen molar-refractivity contribution in [3.05, 3.63) is 65.5 Å². The molecule has 1 atom stereocenters. The number of carbonyl (C=O) groups is 1. The molecule has 3 rings (SSSR count). The van der Waals surface area contributed by atoms with Gasteiger partial charge in [-0.2, -0.15) is 0 Å². The molecule has 1 aliphatic heterocycles. The van der Waals surface area contributed by atoms with Crippen molar-refractivity contribution in [1.82, 2.24) is 0 Å². The summed E-state index contributed by atoms with van der Waals surface area (Å²) in [6.07, 6.45) is -0.118. The summed E-state index contributed by atoms with van der Waals surface area (Å²) in [5, 5.41) is 9.97. The van der Waals surface area contributed by atoms with Crippen molar-refractivity contribution in [2.75, 3.05) is 11.4 Å². The maximum atomic E-state index is 13.8. The highest BCUT2D eigenvalue weighted by Gasteiger charge is 2.28. The highest BCUT2D eigenvalue weighted by molar-refractivity contribution is 6.07. The van der Waals surface area contributed by atoms with Gasteiger partial charge in [-0.1, -0.05) is 30.3 Å². The van der Waals surface area contributed by atoms with Crippen LogP contribution in [0.5, 0.6) is 0 Å². The zero-order chi connectivity index (χ0) is 14.1. The summed E-state index contributed by atoms with van der Waals surface area (Å²) in [4.78, 5) is 14.0. The normalized spacial score (nSPS) is 17.7. The minimum Gasteiger partial charge on any atom is -0.388 e. The van der Waals surface area contributed by atoms with E-state index in [4.69, 9.17) is 0 Å². The van der Waals surface area contributed by atoms with Crippen LogP contribution in [0.25, 0.3) is 0 Å². The first kappa shape index (κ1) is 12.8. The van der Waals surface area contributed by atoms with E-state index in [0.717, 1.165) is 0 Å². The number of halogens is 1. The van der Waals surface area contributed by atoms with Crippen molar-refractivity contribution in [3.8, 4) is 0 Å². The zero-order valence-corrected chi connectivity index (χ0v) is 10.8. The molecule has 0 fully saturated rings. The fraction of sp³-hybridized carbons (Fsp3) is 0.188. The van der Waals surface area contributed by atoms with E-state index < -0.39 is 11.9 Å². The van der Waals surface area contributed by atoms with E-state index >= 15 is 0 Å². The van der Waals surface area contributed by atoms with Gasteiger partial charge in [-0.25, -0.2) is 4.39 Å². The SMILES string of the molecule is O=C(c1ccccc1F)N1CCC(O)c2ccccc21. The molecule has 1 unspecified atom stereocenters. The molecule has 0 radical (unpaired) electrons. The van der Waals surface area contributed by atoms with Gasteiger partial charge in [-0.05, 0) is 24.6 Å². The van der Waals surface area contributed by atoms with Crippen LogP contribution in [0.2, 0.25) is 0 Å². The number of aliphatic hydroxyl groups excluding tert-OH is 1. The van der Waals surface area contributed by atoms with Gasteiger partial charge in [-0.15, -0.1) is 0 Å². The lowest BCUT2D eigenvalue weighted by Gasteiger charge is -2.32. The second-order valence-corrected chi connectivity index (χ2v) is 4.80. The topological polar surface area (TPSA) is 40.5 Å². The first-order chi connectivity index (χ1) is 9.68. The molecule has 2 aromatic carbocycles. The molecular formula is C16H14FNO2. The number of para-hydroxylation sites is 1. The van der Waals surface area contributed by atoms with Crippen LogP contribution in [0.1, 0.15) is 28.4 Å². The van der Waals surface area contributed by atoms with Crippen LogP contribution < -0.4 is 4.90 Å². The first-order valence-corrected chi connectivity index (χ1v) is 6.52. The van der Waals surface area contributed by atoms with Crippen molar-refractivity contribution in [2.45, 2.75) is 12.5 Å². The molecule has 0 saturated carbocycles. The molecule has 0 spiro atoms. The Balaban J connectivity index is 2.02. The predicted molar refractivity (Wildman–Crippen MR) is 74.1 cm³/mol. The molecule has 0 bridgehead atoms. The van der Waals surface area contributed by atoms with Gasteiger partial charge in [0.25, 0.3) is 5.91 Å². The minimum absolute atomic E-state index is 0.0543. The van der Waals surface area contributed by atoms with Gasteiger partial charge in [0.05, 0.1) is 11.7 Å². The molecule has 1 amide bonds. The van der Waals surface area contributed by atoms with Gasteiger partial charge < -0.3 is 10.0 Å². The third-order valence-electron chi connectivity index (χ3n) is 3.56. The molecule has 4 heteroatoms. The molecule has 0 aliphatic carbocycles. The predicted octanol–water partition coefficient (Wildman–Crippen LogP) is 2.91. The van der Waals surface area contributed by atoms with Crippen molar-refractivity contribution in [2.24, 2.45) is 0 Å². The summed E-state index contributed by atoms with van der Waals surface area (Å²) in [7, 11) is 0. The quantitative estimate of drug-likeness (QED) is 0.866. The van der Waals surface area contributed by atoms with Gasteiger partial charge in [0.1, 0.15) is 5.82 Å². The highest BCUT2D eigenvalue weighted by Crippen LogP contribution is 2.34. The van der Waals surface area contributed by atoms with Crippen LogP contribution in [0.3, 0.4) is 0 Å². The number of nitrogens with zero attached hydrogens (tertiary/aromatic N) is 1. The molecule has 102 valence electrons. The molecule has 0 aromatic heterocycles. The molecular weight excluding hydrogens is 257 g/mol. The van der Waals surface area contributed by atoms with Crippen LogP contribution in [-0.4, -0.2) is 17.6 Å².